The van der Waals surface area contributed by atoms with E-state index in [-0.39, 0.29) is 22.5 Å². The maximum atomic E-state index is 11.8. The highest BCUT2D eigenvalue weighted by Crippen LogP contribution is 2.36. The molecular formula is C33H56O4. The van der Waals surface area contributed by atoms with Crippen LogP contribution in [0.25, 0.3) is 0 Å². The van der Waals surface area contributed by atoms with E-state index in [9.17, 15) is 4.79 Å². The van der Waals surface area contributed by atoms with Gasteiger partial charge in [-0.3, -0.25) is 4.79 Å². The molecule has 0 fully saturated rings. The second kappa shape index (κ2) is 12.7. The van der Waals surface area contributed by atoms with Gasteiger partial charge in [0, 0.05) is 11.5 Å². The summed E-state index contributed by atoms with van der Waals surface area (Å²) < 4.78 is 16.6. The number of hydrogen-bond donors (Lipinski definition) is 0. The summed E-state index contributed by atoms with van der Waals surface area (Å²) in [6.07, 6.45) is 3.45. The van der Waals surface area contributed by atoms with E-state index in [2.05, 4.69) is 89.2 Å². The van der Waals surface area contributed by atoms with E-state index in [1.165, 1.54) is 23.1 Å². The van der Waals surface area contributed by atoms with Gasteiger partial charge in [0.05, 0.1) is 36.4 Å². The fourth-order valence-electron chi connectivity index (χ4n) is 4.09. The van der Waals surface area contributed by atoms with Gasteiger partial charge in [-0.25, -0.2) is 0 Å². The Morgan fingerprint density at radius 3 is 1.68 bits per heavy atom. The van der Waals surface area contributed by atoms with Gasteiger partial charge in [0.1, 0.15) is 6.61 Å². The van der Waals surface area contributed by atoms with Crippen molar-refractivity contribution in [3.8, 4) is 0 Å². The molecule has 212 valence electrons. The van der Waals surface area contributed by atoms with Crippen molar-refractivity contribution in [3.63, 3.8) is 0 Å². The molecule has 0 aromatic heterocycles. The van der Waals surface area contributed by atoms with Crippen LogP contribution in [-0.2, 0) is 19.0 Å². The standard InChI is InChI=1S/C11H18O2.C11H20O.C11H18O/c1-7-8(2)13-6-9(10(7)12)11(3,4)5;2*1-8-6-10(11(3,4)5)7-12-9(8)2/h9H,6H2,1-5H3;10H,6-7H2,1-5H3;6H,7H2,1-5H3. The molecule has 3 heterocycles. The van der Waals surface area contributed by atoms with Gasteiger partial charge < -0.3 is 14.2 Å². The van der Waals surface area contributed by atoms with Crippen molar-refractivity contribution in [2.75, 3.05) is 19.8 Å². The number of ketones is 1. The van der Waals surface area contributed by atoms with E-state index in [0.717, 1.165) is 36.1 Å². The van der Waals surface area contributed by atoms with Crippen LogP contribution in [0.3, 0.4) is 0 Å². The van der Waals surface area contributed by atoms with Crippen molar-refractivity contribution >= 4 is 5.78 Å². The highest BCUT2D eigenvalue weighted by molar-refractivity contribution is 5.98. The fourth-order valence-corrected chi connectivity index (χ4v) is 4.09. The molecule has 0 saturated carbocycles. The zero-order valence-corrected chi connectivity index (χ0v) is 26.7. The Balaban J connectivity index is 0.000000278. The predicted molar refractivity (Wildman–Crippen MR) is 156 cm³/mol. The molecule has 2 atom stereocenters. The summed E-state index contributed by atoms with van der Waals surface area (Å²) in [5, 5.41) is 0. The fraction of sp³-hybridized carbons (Fsp3) is 0.727. The molecule has 0 aliphatic carbocycles. The first-order valence-electron chi connectivity index (χ1n) is 13.8. The van der Waals surface area contributed by atoms with Crippen LogP contribution in [0, 0.1) is 28.1 Å². The third-order valence-corrected chi connectivity index (χ3v) is 7.96. The minimum atomic E-state index is -0.000949. The van der Waals surface area contributed by atoms with Crippen LogP contribution in [0.4, 0.5) is 0 Å². The van der Waals surface area contributed by atoms with E-state index in [1.807, 2.05) is 20.8 Å². The summed E-state index contributed by atoms with van der Waals surface area (Å²) >= 11 is 0. The number of allylic oxidation sites excluding steroid dienone is 7. The third kappa shape index (κ3) is 10.0. The number of Topliss-reactive ketones (excluding diaryl/α,β-unsaturated/α-hetero) is 1. The van der Waals surface area contributed by atoms with Crippen LogP contribution in [0.2, 0.25) is 0 Å². The molecule has 3 aliphatic heterocycles. The number of hydrogen-bond acceptors (Lipinski definition) is 4. The molecule has 0 aromatic carbocycles. The quantitative estimate of drug-likeness (QED) is 0.322. The molecule has 0 saturated heterocycles. The Hall–Kier alpha value is -1.97. The first kappa shape index (κ1) is 33.1. The number of carbonyl (C=O) groups is 1. The van der Waals surface area contributed by atoms with E-state index >= 15 is 0 Å². The molecule has 4 heteroatoms. The summed E-state index contributed by atoms with van der Waals surface area (Å²) in [5.74, 6) is 3.91. The van der Waals surface area contributed by atoms with E-state index < -0.39 is 0 Å². The smallest absolute Gasteiger partial charge is 0.168 e. The van der Waals surface area contributed by atoms with E-state index in [0.29, 0.717) is 17.9 Å². The Morgan fingerprint density at radius 2 is 1.24 bits per heavy atom. The van der Waals surface area contributed by atoms with Crippen LogP contribution in [0.15, 0.2) is 45.6 Å². The average molecular weight is 517 g/mol. The van der Waals surface area contributed by atoms with Crippen molar-refractivity contribution in [2.45, 2.75) is 110 Å². The Labute approximate surface area is 228 Å². The summed E-state index contributed by atoms with van der Waals surface area (Å²) in [4.78, 5) is 11.8. The Bertz CT molecular complexity index is 936. The van der Waals surface area contributed by atoms with Gasteiger partial charge in [-0.15, -0.1) is 0 Å². The van der Waals surface area contributed by atoms with Gasteiger partial charge in [0.15, 0.2) is 5.78 Å². The molecule has 0 aromatic rings. The molecule has 37 heavy (non-hydrogen) atoms. The molecule has 0 bridgehead atoms. The lowest BCUT2D eigenvalue weighted by Gasteiger charge is -2.34. The van der Waals surface area contributed by atoms with Gasteiger partial charge in [-0.1, -0.05) is 68.4 Å². The van der Waals surface area contributed by atoms with Crippen LogP contribution < -0.4 is 0 Å². The SMILES string of the molecule is CC1=C(C)C(=O)C(C(C)(C)C)CO1.CC1=C(C)OCC(C(C)(C)C)=C1.CC1=C(C)OCC(C(C)(C)C)C1. The topological polar surface area (TPSA) is 44.8 Å². The third-order valence-electron chi connectivity index (χ3n) is 7.96. The summed E-state index contributed by atoms with van der Waals surface area (Å²) in [6, 6.07) is 0. The van der Waals surface area contributed by atoms with Gasteiger partial charge >= 0.3 is 0 Å². The van der Waals surface area contributed by atoms with Crippen molar-refractivity contribution < 1.29 is 19.0 Å². The van der Waals surface area contributed by atoms with Crippen LogP contribution in [-0.4, -0.2) is 25.6 Å². The zero-order chi connectivity index (χ0) is 28.9. The molecule has 0 spiro atoms. The molecule has 4 nitrogen and oxygen atoms in total. The van der Waals surface area contributed by atoms with Crippen LogP contribution in [0.1, 0.15) is 110 Å². The molecule has 2 unspecified atom stereocenters. The zero-order valence-electron chi connectivity index (χ0n) is 26.7. The Morgan fingerprint density at radius 1 is 0.703 bits per heavy atom. The number of rotatable bonds is 0. The summed E-state index contributed by atoms with van der Waals surface area (Å²) in [5.41, 5.74) is 5.45. The summed E-state index contributed by atoms with van der Waals surface area (Å²) in [6.45, 7) is 34.0. The average Bonchev–Trinajstić information content (AvgIpc) is 2.74. The van der Waals surface area contributed by atoms with Gasteiger partial charge in [-0.05, 0) is 80.9 Å². The van der Waals surface area contributed by atoms with Crippen LogP contribution in [0.5, 0.6) is 0 Å². The van der Waals surface area contributed by atoms with Crippen LogP contribution >= 0.6 is 0 Å². The highest BCUT2D eigenvalue weighted by atomic mass is 16.5. The van der Waals surface area contributed by atoms with Gasteiger partial charge in [0.25, 0.3) is 0 Å². The lowest BCUT2D eigenvalue weighted by molar-refractivity contribution is -0.126. The number of carbonyl (C=O) groups excluding carboxylic acids is 1. The van der Waals surface area contributed by atoms with Crippen molar-refractivity contribution in [2.24, 2.45) is 28.1 Å². The predicted octanol–water partition coefficient (Wildman–Crippen LogP) is 9.19. The maximum Gasteiger partial charge on any atom is 0.168 e. The molecule has 0 amide bonds. The number of ether oxygens (including phenoxy) is 3. The van der Waals surface area contributed by atoms with Crippen molar-refractivity contribution in [1.29, 1.82) is 0 Å². The second-order valence-electron chi connectivity index (χ2n) is 14.1. The molecule has 3 rings (SSSR count). The van der Waals surface area contributed by atoms with Gasteiger partial charge in [0.2, 0.25) is 0 Å². The first-order valence-corrected chi connectivity index (χ1v) is 13.8. The largest absolute Gasteiger partial charge is 0.498 e. The highest BCUT2D eigenvalue weighted by Gasteiger charge is 2.36. The first-order chi connectivity index (χ1) is 16.7. The summed E-state index contributed by atoms with van der Waals surface area (Å²) in [7, 11) is 0. The molecular weight excluding hydrogens is 460 g/mol. The van der Waals surface area contributed by atoms with E-state index in [4.69, 9.17) is 14.2 Å². The Kier molecular flexibility index (Phi) is 11.4. The normalized spacial score (nSPS) is 23.1. The monoisotopic (exact) mass is 516 g/mol. The molecule has 3 aliphatic rings. The maximum absolute atomic E-state index is 11.8. The van der Waals surface area contributed by atoms with E-state index in [1.54, 1.807) is 0 Å². The van der Waals surface area contributed by atoms with Crippen molar-refractivity contribution in [1.82, 2.24) is 0 Å². The lowest BCUT2D eigenvalue weighted by Crippen LogP contribution is -2.36. The molecule has 0 N–H and O–H groups in total. The molecule has 0 radical (unpaired) electrons. The minimum Gasteiger partial charge on any atom is -0.498 e. The minimum absolute atomic E-state index is 0.000949. The van der Waals surface area contributed by atoms with Gasteiger partial charge in [-0.2, -0.15) is 0 Å². The lowest BCUT2D eigenvalue weighted by atomic mass is 9.76. The second-order valence-corrected chi connectivity index (χ2v) is 14.1. The van der Waals surface area contributed by atoms with Crippen molar-refractivity contribution in [3.05, 3.63) is 45.6 Å².